The van der Waals surface area contributed by atoms with Gasteiger partial charge in [-0.05, 0) is 19.1 Å². The highest BCUT2D eigenvalue weighted by Crippen LogP contribution is 2.34. The van der Waals surface area contributed by atoms with Crippen molar-refractivity contribution >= 4 is 10.0 Å². The van der Waals surface area contributed by atoms with E-state index in [1.54, 1.807) is 12.1 Å². The molecule has 2 aliphatic rings. The van der Waals surface area contributed by atoms with Crippen molar-refractivity contribution in [2.45, 2.75) is 48.8 Å². The van der Waals surface area contributed by atoms with Crippen molar-refractivity contribution in [1.29, 1.82) is 0 Å². The summed E-state index contributed by atoms with van der Waals surface area (Å²) in [7, 11) is -2.52. The highest BCUT2D eigenvalue weighted by atomic mass is 32.2. The molecule has 0 saturated carbocycles. The molecule has 0 bridgehead atoms. The Morgan fingerprint density at radius 3 is 2.43 bits per heavy atom. The fourth-order valence-electron chi connectivity index (χ4n) is 3.66. The number of benzene rings is 2. The van der Waals surface area contributed by atoms with E-state index in [9.17, 15) is 13.5 Å². The van der Waals surface area contributed by atoms with E-state index in [2.05, 4.69) is 4.72 Å². The number of sulfonamides is 1. The largest absolute Gasteiger partial charge is 0.388 e. The Balaban J connectivity index is 1.55. The number of aliphatic hydroxyl groups excluding tert-OH is 1. The zero-order valence-corrected chi connectivity index (χ0v) is 17.5. The van der Waals surface area contributed by atoms with Crippen LogP contribution in [-0.4, -0.2) is 57.9 Å². The molecular formula is C21H25NO7S. The van der Waals surface area contributed by atoms with Gasteiger partial charge < -0.3 is 24.1 Å². The van der Waals surface area contributed by atoms with E-state index in [0.717, 1.165) is 11.1 Å². The van der Waals surface area contributed by atoms with Crippen LogP contribution in [0.3, 0.4) is 0 Å². The van der Waals surface area contributed by atoms with E-state index in [4.69, 9.17) is 18.9 Å². The molecule has 162 valence electrons. The average molecular weight is 435 g/mol. The van der Waals surface area contributed by atoms with E-state index in [-0.39, 0.29) is 11.5 Å². The van der Waals surface area contributed by atoms with Gasteiger partial charge in [0.1, 0.15) is 24.4 Å². The molecule has 2 aromatic carbocycles. The molecular weight excluding hydrogens is 410 g/mol. The van der Waals surface area contributed by atoms with E-state index in [1.165, 1.54) is 19.2 Å². The van der Waals surface area contributed by atoms with Gasteiger partial charge in [-0.3, -0.25) is 0 Å². The molecule has 0 radical (unpaired) electrons. The first kappa shape index (κ1) is 21.4. The summed E-state index contributed by atoms with van der Waals surface area (Å²) >= 11 is 0. The van der Waals surface area contributed by atoms with Gasteiger partial charge >= 0.3 is 0 Å². The molecule has 0 spiro atoms. The van der Waals surface area contributed by atoms with Gasteiger partial charge in [-0.1, -0.05) is 48.0 Å². The van der Waals surface area contributed by atoms with Gasteiger partial charge in [0.05, 0.1) is 11.5 Å². The van der Waals surface area contributed by atoms with Crippen LogP contribution < -0.4 is 4.72 Å². The molecule has 30 heavy (non-hydrogen) atoms. The molecule has 9 heteroatoms. The quantitative estimate of drug-likeness (QED) is 0.733. The van der Waals surface area contributed by atoms with Crippen LogP contribution in [0.5, 0.6) is 0 Å². The monoisotopic (exact) mass is 435 g/mol. The molecule has 2 fully saturated rings. The third-order valence-corrected chi connectivity index (χ3v) is 6.77. The topological polar surface area (TPSA) is 103 Å². The Hall–Kier alpha value is -1.85. The number of fused-ring (bicyclic) bond motifs is 1. The minimum absolute atomic E-state index is 0.0901. The summed E-state index contributed by atoms with van der Waals surface area (Å²) in [5.41, 5.74) is 1.74. The second kappa shape index (κ2) is 8.72. The van der Waals surface area contributed by atoms with E-state index < -0.39 is 47.0 Å². The zero-order chi connectivity index (χ0) is 21.3. The second-order valence-corrected chi connectivity index (χ2v) is 9.12. The fraction of sp³-hybridized carbons (Fsp3) is 0.429. The summed E-state index contributed by atoms with van der Waals surface area (Å²) in [5.74, 6) is 0. The van der Waals surface area contributed by atoms with Crippen LogP contribution in [0.15, 0.2) is 59.5 Å². The fourth-order valence-corrected chi connectivity index (χ4v) is 4.90. The lowest BCUT2D eigenvalue weighted by molar-refractivity contribution is -0.340. The Bertz CT molecular complexity index is 951. The second-order valence-electron chi connectivity index (χ2n) is 7.41. The maximum absolute atomic E-state index is 12.9. The number of aryl methyl sites for hydroxylation is 1. The summed E-state index contributed by atoms with van der Waals surface area (Å²) in [6.45, 7) is 2.05. The van der Waals surface area contributed by atoms with Crippen molar-refractivity contribution in [3.8, 4) is 0 Å². The Kier molecular flexibility index (Phi) is 6.21. The third-order valence-electron chi connectivity index (χ3n) is 5.29. The molecule has 0 aromatic heterocycles. The number of methoxy groups -OCH3 is 1. The standard InChI is InChI=1S/C21H25NO7S/c1-13-8-10-15(11-9-13)30(24,25)22-17-18(23)19-16(28-21(17)26-2)12-27-20(29-19)14-6-4-3-5-7-14/h3-11,16-23H,12H2,1-2H3/t16-,17-,18-,19-,20-,21+/m1/s1. The number of nitrogens with one attached hydrogen (secondary N) is 1. The maximum atomic E-state index is 12.9. The van der Waals surface area contributed by atoms with Crippen molar-refractivity contribution in [3.63, 3.8) is 0 Å². The van der Waals surface area contributed by atoms with Gasteiger partial charge in [0.2, 0.25) is 10.0 Å². The molecule has 6 atom stereocenters. The lowest BCUT2D eigenvalue weighted by atomic mass is 9.96. The molecule has 2 saturated heterocycles. The molecule has 0 amide bonds. The summed E-state index contributed by atoms with van der Waals surface area (Å²) in [5, 5.41) is 11.0. The Morgan fingerprint density at radius 1 is 1.07 bits per heavy atom. The van der Waals surface area contributed by atoms with Crippen LogP contribution in [0.2, 0.25) is 0 Å². The molecule has 2 aromatic rings. The highest BCUT2D eigenvalue weighted by Gasteiger charge is 2.50. The molecule has 2 heterocycles. The number of aliphatic hydroxyl groups is 1. The summed E-state index contributed by atoms with van der Waals surface area (Å²) in [6.07, 6.45) is -4.27. The number of hydrogen-bond acceptors (Lipinski definition) is 7. The molecule has 8 nitrogen and oxygen atoms in total. The van der Waals surface area contributed by atoms with Crippen molar-refractivity contribution in [2.75, 3.05) is 13.7 Å². The summed E-state index contributed by atoms with van der Waals surface area (Å²) in [6, 6.07) is 14.7. The SMILES string of the molecule is CO[C@H]1O[C@@H]2CO[C@@H](c3ccccc3)O[C@H]2[C@H](O)[C@H]1NS(=O)(=O)c1ccc(C)cc1. The van der Waals surface area contributed by atoms with Gasteiger partial charge in [0.25, 0.3) is 0 Å². The van der Waals surface area contributed by atoms with Crippen LogP contribution >= 0.6 is 0 Å². The normalized spacial score (nSPS) is 31.8. The van der Waals surface area contributed by atoms with Crippen LogP contribution in [0.1, 0.15) is 17.4 Å². The van der Waals surface area contributed by atoms with Crippen molar-refractivity contribution in [3.05, 3.63) is 65.7 Å². The minimum Gasteiger partial charge on any atom is -0.388 e. The number of hydrogen-bond donors (Lipinski definition) is 2. The van der Waals surface area contributed by atoms with Gasteiger partial charge in [0, 0.05) is 12.7 Å². The predicted octanol–water partition coefficient (Wildman–Crippen LogP) is 1.49. The number of ether oxygens (including phenoxy) is 4. The Morgan fingerprint density at radius 2 is 1.77 bits per heavy atom. The van der Waals surface area contributed by atoms with Crippen LogP contribution in [0.4, 0.5) is 0 Å². The van der Waals surface area contributed by atoms with Crippen molar-refractivity contribution < 1.29 is 32.5 Å². The molecule has 0 unspecified atom stereocenters. The van der Waals surface area contributed by atoms with Crippen molar-refractivity contribution in [1.82, 2.24) is 4.72 Å². The number of rotatable bonds is 5. The van der Waals surface area contributed by atoms with E-state index in [1.807, 2.05) is 37.3 Å². The first-order valence-corrected chi connectivity index (χ1v) is 11.1. The lowest BCUT2D eigenvalue weighted by Crippen LogP contribution is -2.66. The van der Waals surface area contributed by atoms with Gasteiger partial charge in [-0.15, -0.1) is 0 Å². The van der Waals surface area contributed by atoms with Crippen molar-refractivity contribution in [2.24, 2.45) is 0 Å². The molecule has 2 N–H and O–H groups in total. The average Bonchev–Trinajstić information content (AvgIpc) is 2.76. The molecule has 2 aliphatic heterocycles. The molecule has 0 aliphatic carbocycles. The van der Waals surface area contributed by atoms with Crippen LogP contribution in [-0.2, 0) is 29.0 Å². The first-order chi connectivity index (χ1) is 14.4. The molecule has 4 rings (SSSR count). The zero-order valence-electron chi connectivity index (χ0n) is 16.7. The van der Waals surface area contributed by atoms with E-state index >= 15 is 0 Å². The maximum Gasteiger partial charge on any atom is 0.241 e. The van der Waals surface area contributed by atoms with Gasteiger partial charge in [-0.25, -0.2) is 13.1 Å². The lowest BCUT2D eigenvalue weighted by Gasteiger charge is -2.47. The third kappa shape index (κ3) is 4.28. The Labute approximate surface area is 175 Å². The highest BCUT2D eigenvalue weighted by molar-refractivity contribution is 7.89. The smallest absolute Gasteiger partial charge is 0.241 e. The van der Waals surface area contributed by atoms with Gasteiger partial charge in [-0.2, -0.15) is 0 Å². The summed E-state index contributed by atoms with van der Waals surface area (Å²) in [4.78, 5) is 0.0901. The predicted molar refractivity (Wildman–Crippen MR) is 107 cm³/mol. The summed E-state index contributed by atoms with van der Waals surface area (Å²) < 4.78 is 51.1. The first-order valence-electron chi connectivity index (χ1n) is 9.66. The van der Waals surface area contributed by atoms with Crippen LogP contribution in [0, 0.1) is 6.92 Å². The van der Waals surface area contributed by atoms with Gasteiger partial charge in [0.15, 0.2) is 12.6 Å². The van der Waals surface area contributed by atoms with E-state index in [0.29, 0.717) is 0 Å². The minimum atomic E-state index is -3.91. The van der Waals surface area contributed by atoms with Crippen LogP contribution in [0.25, 0.3) is 0 Å².